The van der Waals surface area contributed by atoms with Gasteiger partial charge < -0.3 is 15.2 Å². The number of amides is 1. The monoisotopic (exact) mass is 329 g/mol. The second-order valence-corrected chi connectivity index (χ2v) is 5.55. The zero-order chi connectivity index (χ0) is 14.6. The third kappa shape index (κ3) is 4.55. The third-order valence-corrected chi connectivity index (χ3v) is 2.99. The summed E-state index contributed by atoms with van der Waals surface area (Å²) in [6.07, 6.45) is -0.778. The highest BCUT2D eigenvalue weighted by atomic mass is 79.9. The van der Waals surface area contributed by atoms with Crippen LogP contribution >= 0.6 is 15.9 Å². The quantitative estimate of drug-likeness (QED) is 0.868. The van der Waals surface area contributed by atoms with Crippen molar-refractivity contribution in [3.8, 4) is 5.75 Å². The van der Waals surface area contributed by atoms with E-state index in [9.17, 15) is 9.59 Å². The van der Waals surface area contributed by atoms with Crippen molar-refractivity contribution in [2.24, 2.45) is 0 Å². The lowest BCUT2D eigenvalue weighted by Gasteiger charge is -2.23. The van der Waals surface area contributed by atoms with Crippen LogP contribution in [-0.2, 0) is 9.59 Å². The number of hydrogen-bond donors (Lipinski definition) is 2. The first-order valence-corrected chi connectivity index (χ1v) is 6.49. The summed E-state index contributed by atoms with van der Waals surface area (Å²) in [5.41, 5.74) is -1.32. The van der Waals surface area contributed by atoms with Gasteiger partial charge in [0.05, 0.1) is 0 Å². The molecule has 104 valence electrons. The molecule has 1 rings (SSSR count). The van der Waals surface area contributed by atoms with Crippen molar-refractivity contribution in [1.29, 1.82) is 0 Å². The summed E-state index contributed by atoms with van der Waals surface area (Å²) >= 11 is 3.30. The fraction of sp³-hybridized carbons (Fsp3) is 0.385. The molecule has 5 nitrogen and oxygen atoms in total. The summed E-state index contributed by atoms with van der Waals surface area (Å²) in [6.45, 7) is 4.40. The molecule has 0 saturated heterocycles. The van der Waals surface area contributed by atoms with Gasteiger partial charge in [0.15, 0.2) is 6.10 Å². The lowest BCUT2D eigenvalue weighted by molar-refractivity contribution is -0.147. The van der Waals surface area contributed by atoms with Gasteiger partial charge in [-0.25, -0.2) is 4.79 Å². The maximum Gasteiger partial charge on any atom is 0.328 e. The fourth-order valence-electron chi connectivity index (χ4n) is 1.23. The van der Waals surface area contributed by atoms with Crippen LogP contribution in [0.15, 0.2) is 28.7 Å². The van der Waals surface area contributed by atoms with Crippen LogP contribution in [0.3, 0.4) is 0 Å². The van der Waals surface area contributed by atoms with E-state index < -0.39 is 23.5 Å². The zero-order valence-electron chi connectivity index (χ0n) is 10.9. The van der Waals surface area contributed by atoms with Gasteiger partial charge >= 0.3 is 5.97 Å². The van der Waals surface area contributed by atoms with Crippen molar-refractivity contribution in [1.82, 2.24) is 5.32 Å². The van der Waals surface area contributed by atoms with Crippen molar-refractivity contribution < 1.29 is 19.4 Å². The number of carbonyl (C=O) groups excluding carboxylic acids is 1. The lowest BCUT2D eigenvalue weighted by atomic mass is 10.1. The molecule has 0 fully saturated rings. The second-order valence-electron chi connectivity index (χ2n) is 4.63. The first-order chi connectivity index (χ1) is 8.72. The molecule has 0 bridgehead atoms. The molecule has 2 N–H and O–H groups in total. The van der Waals surface area contributed by atoms with Gasteiger partial charge in [-0.15, -0.1) is 0 Å². The average molecular weight is 330 g/mol. The van der Waals surface area contributed by atoms with E-state index in [0.29, 0.717) is 5.75 Å². The smallest absolute Gasteiger partial charge is 0.328 e. The standard InChI is InChI=1S/C13H16BrNO4/c1-8(11(16)15-13(2,3)12(17)18)19-10-6-4-9(14)5-7-10/h4-8H,1-3H3,(H,15,16)(H,17,18). The van der Waals surface area contributed by atoms with E-state index >= 15 is 0 Å². The normalized spacial score (nSPS) is 12.6. The van der Waals surface area contributed by atoms with Gasteiger partial charge in [-0.05, 0) is 45.0 Å². The second kappa shape index (κ2) is 6.06. The Hall–Kier alpha value is -1.56. The largest absolute Gasteiger partial charge is 0.481 e. The van der Waals surface area contributed by atoms with E-state index in [2.05, 4.69) is 21.2 Å². The van der Waals surface area contributed by atoms with Crippen LogP contribution in [0.1, 0.15) is 20.8 Å². The van der Waals surface area contributed by atoms with Crippen LogP contribution in [0.4, 0.5) is 0 Å². The van der Waals surface area contributed by atoms with E-state index in [1.54, 1.807) is 31.2 Å². The Morgan fingerprint density at radius 2 is 1.84 bits per heavy atom. The van der Waals surface area contributed by atoms with E-state index in [1.165, 1.54) is 13.8 Å². The molecule has 1 aromatic rings. The van der Waals surface area contributed by atoms with Gasteiger partial charge in [-0.3, -0.25) is 4.79 Å². The molecule has 1 unspecified atom stereocenters. The number of benzene rings is 1. The molecule has 0 radical (unpaired) electrons. The molecular weight excluding hydrogens is 314 g/mol. The SMILES string of the molecule is CC(Oc1ccc(Br)cc1)C(=O)NC(C)(C)C(=O)O. The molecular formula is C13H16BrNO4. The first kappa shape index (κ1) is 15.5. The predicted octanol–water partition coefficient (Wildman–Crippen LogP) is 2.20. The number of nitrogens with one attached hydrogen (secondary N) is 1. The number of halogens is 1. The highest BCUT2D eigenvalue weighted by Crippen LogP contribution is 2.17. The molecule has 1 atom stereocenters. The topological polar surface area (TPSA) is 75.6 Å². The molecule has 19 heavy (non-hydrogen) atoms. The number of carbonyl (C=O) groups is 2. The summed E-state index contributed by atoms with van der Waals surface area (Å²) in [6, 6.07) is 7.02. The van der Waals surface area contributed by atoms with Crippen molar-refractivity contribution in [2.45, 2.75) is 32.4 Å². The molecule has 0 spiro atoms. The molecule has 1 amide bonds. The molecule has 0 aliphatic heterocycles. The summed E-state index contributed by atoms with van der Waals surface area (Å²) in [5, 5.41) is 11.3. The van der Waals surface area contributed by atoms with Crippen molar-refractivity contribution >= 4 is 27.8 Å². The van der Waals surface area contributed by atoms with Gasteiger partial charge in [0, 0.05) is 4.47 Å². The zero-order valence-corrected chi connectivity index (χ0v) is 12.5. The summed E-state index contributed by atoms with van der Waals surface area (Å²) in [5.74, 6) is -1.04. The summed E-state index contributed by atoms with van der Waals surface area (Å²) in [4.78, 5) is 22.7. The minimum Gasteiger partial charge on any atom is -0.481 e. The van der Waals surface area contributed by atoms with Crippen molar-refractivity contribution in [3.05, 3.63) is 28.7 Å². The molecule has 0 aromatic heterocycles. The number of carboxylic acids is 1. The lowest BCUT2D eigenvalue weighted by Crippen LogP contribution is -2.53. The van der Waals surface area contributed by atoms with Crippen LogP contribution in [0.25, 0.3) is 0 Å². The first-order valence-electron chi connectivity index (χ1n) is 5.70. The fourth-order valence-corrected chi connectivity index (χ4v) is 1.50. The summed E-state index contributed by atoms with van der Waals surface area (Å²) in [7, 11) is 0. The number of rotatable bonds is 5. The van der Waals surface area contributed by atoms with Crippen LogP contribution in [-0.4, -0.2) is 28.6 Å². The molecule has 0 saturated carbocycles. The van der Waals surface area contributed by atoms with Crippen LogP contribution < -0.4 is 10.1 Å². The van der Waals surface area contributed by atoms with Crippen LogP contribution in [0.2, 0.25) is 0 Å². The Bertz CT molecular complexity index is 470. The van der Waals surface area contributed by atoms with E-state index in [-0.39, 0.29) is 0 Å². The Morgan fingerprint density at radius 1 is 1.32 bits per heavy atom. The molecule has 0 aliphatic rings. The number of aliphatic carboxylic acids is 1. The van der Waals surface area contributed by atoms with Gasteiger partial charge in [0.25, 0.3) is 5.91 Å². The highest BCUT2D eigenvalue weighted by molar-refractivity contribution is 9.10. The van der Waals surface area contributed by atoms with Crippen molar-refractivity contribution in [2.75, 3.05) is 0 Å². The Balaban J connectivity index is 2.63. The van der Waals surface area contributed by atoms with Crippen LogP contribution in [0.5, 0.6) is 5.75 Å². The Labute approximate surface area is 120 Å². The Kier molecular flexibility index (Phi) is 4.94. The number of ether oxygens (including phenoxy) is 1. The third-order valence-electron chi connectivity index (χ3n) is 2.47. The number of hydrogen-bond acceptors (Lipinski definition) is 3. The van der Waals surface area contributed by atoms with Gasteiger partial charge in [0.1, 0.15) is 11.3 Å². The average Bonchev–Trinajstić information content (AvgIpc) is 2.31. The van der Waals surface area contributed by atoms with E-state index in [0.717, 1.165) is 4.47 Å². The van der Waals surface area contributed by atoms with Gasteiger partial charge in [-0.2, -0.15) is 0 Å². The summed E-state index contributed by atoms with van der Waals surface area (Å²) < 4.78 is 6.34. The van der Waals surface area contributed by atoms with Gasteiger partial charge in [-0.1, -0.05) is 15.9 Å². The number of carboxylic acid groups (broad SMARTS) is 1. The molecule has 1 aromatic carbocycles. The van der Waals surface area contributed by atoms with Crippen LogP contribution in [0, 0.1) is 0 Å². The highest BCUT2D eigenvalue weighted by Gasteiger charge is 2.31. The molecule has 6 heteroatoms. The van der Waals surface area contributed by atoms with Gasteiger partial charge in [0.2, 0.25) is 0 Å². The Morgan fingerprint density at radius 3 is 2.32 bits per heavy atom. The van der Waals surface area contributed by atoms with E-state index in [4.69, 9.17) is 9.84 Å². The van der Waals surface area contributed by atoms with Crippen molar-refractivity contribution in [3.63, 3.8) is 0 Å². The predicted molar refractivity (Wildman–Crippen MR) is 74.1 cm³/mol. The maximum atomic E-state index is 11.8. The minimum absolute atomic E-state index is 0.477. The maximum absolute atomic E-state index is 11.8. The molecule has 0 heterocycles. The van der Waals surface area contributed by atoms with E-state index in [1.807, 2.05) is 0 Å². The molecule has 0 aliphatic carbocycles. The minimum atomic E-state index is -1.32.